The number of imidazole rings is 1. The standard InChI is InChI=1S/C21H20N4O2S/c1-14-4-7-16(8-5-14)28-24-20-21-23-13-17(25(21)11-10-22-20)15-6-9-18(26-2)19(12-15)27-3/h4-13H,1-3H3,(H,22,24). The average Bonchev–Trinajstić information content (AvgIpc) is 3.17. The third-order valence-corrected chi connectivity index (χ3v) is 5.20. The number of aromatic nitrogens is 3. The number of rotatable bonds is 6. The molecule has 0 aliphatic carbocycles. The van der Waals surface area contributed by atoms with Gasteiger partial charge in [-0.05, 0) is 49.2 Å². The average molecular weight is 392 g/mol. The van der Waals surface area contributed by atoms with E-state index in [1.165, 1.54) is 17.5 Å². The summed E-state index contributed by atoms with van der Waals surface area (Å²) in [5.41, 5.74) is 3.92. The Morgan fingerprint density at radius 1 is 0.964 bits per heavy atom. The minimum Gasteiger partial charge on any atom is -0.493 e. The van der Waals surface area contributed by atoms with Gasteiger partial charge >= 0.3 is 0 Å². The zero-order valence-corrected chi connectivity index (χ0v) is 16.7. The van der Waals surface area contributed by atoms with Crippen LogP contribution in [-0.2, 0) is 0 Å². The topological polar surface area (TPSA) is 60.7 Å². The van der Waals surface area contributed by atoms with Crippen molar-refractivity contribution in [3.8, 4) is 22.8 Å². The van der Waals surface area contributed by atoms with Crippen molar-refractivity contribution < 1.29 is 9.47 Å². The van der Waals surface area contributed by atoms with Crippen LogP contribution in [0.25, 0.3) is 16.9 Å². The van der Waals surface area contributed by atoms with Gasteiger partial charge in [0.1, 0.15) is 0 Å². The molecule has 0 spiro atoms. The SMILES string of the molecule is COc1ccc(-c2cnc3c(NSc4ccc(C)cc4)nccn23)cc1OC. The van der Waals surface area contributed by atoms with Crippen molar-refractivity contribution in [1.82, 2.24) is 14.4 Å². The van der Waals surface area contributed by atoms with Crippen molar-refractivity contribution in [2.45, 2.75) is 11.8 Å². The zero-order chi connectivity index (χ0) is 19.5. The molecular weight excluding hydrogens is 372 g/mol. The second-order valence-electron chi connectivity index (χ2n) is 6.20. The fourth-order valence-corrected chi connectivity index (χ4v) is 3.54. The van der Waals surface area contributed by atoms with Gasteiger partial charge in [0.25, 0.3) is 0 Å². The van der Waals surface area contributed by atoms with Crippen LogP contribution in [-0.4, -0.2) is 28.6 Å². The quantitative estimate of drug-likeness (QED) is 0.474. The van der Waals surface area contributed by atoms with E-state index in [2.05, 4.69) is 45.9 Å². The van der Waals surface area contributed by atoms with Gasteiger partial charge in [-0.25, -0.2) is 9.97 Å². The van der Waals surface area contributed by atoms with Gasteiger partial charge < -0.3 is 14.2 Å². The Hall–Kier alpha value is -3.19. The highest BCUT2D eigenvalue weighted by Crippen LogP contribution is 2.33. The van der Waals surface area contributed by atoms with E-state index in [9.17, 15) is 0 Å². The first-order chi connectivity index (χ1) is 13.7. The second-order valence-corrected chi connectivity index (χ2v) is 7.08. The first kappa shape index (κ1) is 18.2. The van der Waals surface area contributed by atoms with Crippen molar-refractivity contribution in [2.24, 2.45) is 0 Å². The number of fused-ring (bicyclic) bond motifs is 1. The molecule has 4 aromatic rings. The van der Waals surface area contributed by atoms with Crippen LogP contribution in [0, 0.1) is 6.92 Å². The molecule has 0 aliphatic rings. The Morgan fingerprint density at radius 3 is 2.50 bits per heavy atom. The fourth-order valence-electron chi connectivity index (χ4n) is 2.91. The first-order valence-corrected chi connectivity index (χ1v) is 9.55. The summed E-state index contributed by atoms with van der Waals surface area (Å²) in [5.74, 6) is 2.08. The minimum absolute atomic E-state index is 0.678. The second kappa shape index (κ2) is 7.82. The maximum atomic E-state index is 5.42. The molecule has 142 valence electrons. The molecule has 28 heavy (non-hydrogen) atoms. The minimum atomic E-state index is 0.678. The highest BCUT2D eigenvalue weighted by molar-refractivity contribution is 8.00. The lowest BCUT2D eigenvalue weighted by atomic mass is 10.1. The Balaban J connectivity index is 1.66. The van der Waals surface area contributed by atoms with E-state index in [0.717, 1.165) is 21.8 Å². The number of anilines is 1. The summed E-state index contributed by atoms with van der Waals surface area (Å²) in [6, 6.07) is 14.1. The van der Waals surface area contributed by atoms with E-state index >= 15 is 0 Å². The largest absolute Gasteiger partial charge is 0.493 e. The molecule has 0 radical (unpaired) electrons. The summed E-state index contributed by atoms with van der Waals surface area (Å²) in [6.07, 6.45) is 5.49. The van der Waals surface area contributed by atoms with Crippen LogP contribution in [0.5, 0.6) is 11.5 Å². The molecule has 1 N–H and O–H groups in total. The maximum absolute atomic E-state index is 5.42. The van der Waals surface area contributed by atoms with E-state index < -0.39 is 0 Å². The molecule has 0 unspecified atom stereocenters. The van der Waals surface area contributed by atoms with Gasteiger partial charge in [0.15, 0.2) is 23.0 Å². The van der Waals surface area contributed by atoms with Gasteiger partial charge in [-0.3, -0.25) is 4.40 Å². The molecule has 2 heterocycles. The Morgan fingerprint density at radius 2 is 1.75 bits per heavy atom. The predicted octanol–water partition coefficient (Wildman–Crippen LogP) is 4.84. The Kier molecular flexibility index (Phi) is 5.08. The van der Waals surface area contributed by atoms with E-state index in [1.807, 2.05) is 35.0 Å². The van der Waals surface area contributed by atoms with Crippen LogP contribution in [0.4, 0.5) is 5.82 Å². The van der Waals surface area contributed by atoms with Crippen LogP contribution in [0.2, 0.25) is 0 Å². The van der Waals surface area contributed by atoms with Crippen LogP contribution >= 0.6 is 11.9 Å². The number of hydrogen-bond acceptors (Lipinski definition) is 6. The van der Waals surface area contributed by atoms with Crippen molar-refractivity contribution in [3.05, 3.63) is 66.6 Å². The molecule has 0 fully saturated rings. The molecular formula is C21H20N4O2S. The lowest BCUT2D eigenvalue weighted by Gasteiger charge is -2.10. The van der Waals surface area contributed by atoms with E-state index in [-0.39, 0.29) is 0 Å². The molecule has 0 saturated heterocycles. The van der Waals surface area contributed by atoms with Crippen molar-refractivity contribution in [1.29, 1.82) is 0 Å². The maximum Gasteiger partial charge on any atom is 0.181 e. The van der Waals surface area contributed by atoms with Crippen molar-refractivity contribution >= 4 is 23.4 Å². The number of methoxy groups -OCH3 is 2. The van der Waals surface area contributed by atoms with Crippen molar-refractivity contribution in [2.75, 3.05) is 18.9 Å². The van der Waals surface area contributed by atoms with Crippen LogP contribution < -0.4 is 14.2 Å². The number of ether oxygens (including phenoxy) is 2. The highest BCUT2D eigenvalue weighted by atomic mass is 32.2. The Labute approximate surface area is 167 Å². The summed E-state index contributed by atoms with van der Waals surface area (Å²) in [7, 11) is 3.26. The molecule has 2 aromatic heterocycles. The molecule has 0 amide bonds. The molecule has 6 nitrogen and oxygen atoms in total. The number of nitrogens with zero attached hydrogens (tertiary/aromatic N) is 3. The monoisotopic (exact) mass is 392 g/mol. The van der Waals surface area contributed by atoms with E-state index in [1.54, 1.807) is 20.4 Å². The van der Waals surface area contributed by atoms with Crippen LogP contribution in [0.15, 0.2) is 66.0 Å². The van der Waals surface area contributed by atoms with Gasteiger partial charge in [0.2, 0.25) is 0 Å². The number of benzene rings is 2. The summed E-state index contributed by atoms with van der Waals surface area (Å²) < 4.78 is 16.1. The van der Waals surface area contributed by atoms with E-state index in [0.29, 0.717) is 17.3 Å². The van der Waals surface area contributed by atoms with Gasteiger partial charge in [-0.2, -0.15) is 0 Å². The fraction of sp³-hybridized carbons (Fsp3) is 0.143. The van der Waals surface area contributed by atoms with Crippen molar-refractivity contribution in [3.63, 3.8) is 0 Å². The van der Waals surface area contributed by atoms with Gasteiger partial charge in [-0.1, -0.05) is 17.7 Å². The molecule has 0 aliphatic heterocycles. The number of aryl methyl sites for hydroxylation is 1. The van der Waals surface area contributed by atoms with Crippen LogP contribution in [0.3, 0.4) is 0 Å². The third-order valence-electron chi connectivity index (χ3n) is 4.39. The normalized spacial score (nSPS) is 10.8. The third kappa shape index (κ3) is 3.48. The first-order valence-electron chi connectivity index (χ1n) is 8.73. The number of hydrogen-bond donors (Lipinski definition) is 1. The molecule has 2 aromatic carbocycles. The van der Waals surface area contributed by atoms with Gasteiger partial charge in [0.05, 0.1) is 26.1 Å². The molecule has 0 saturated carbocycles. The molecule has 0 atom stereocenters. The predicted molar refractivity (Wildman–Crippen MR) is 112 cm³/mol. The summed E-state index contributed by atoms with van der Waals surface area (Å²) in [5, 5.41) is 0. The van der Waals surface area contributed by atoms with E-state index in [4.69, 9.17) is 9.47 Å². The number of nitrogens with one attached hydrogen (secondary N) is 1. The molecule has 4 rings (SSSR count). The highest BCUT2D eigenvalue weighted by Gasteiger charge is 2.13. The molecule has 7 heteroatoms. The zero-order valence-electron chi connectivity index (χ0n) is 15.8. The van der Waals surface area contributed by atoms with Gasteiger partial charge in [0, 0.05) is 22.9 Å². The lowest BCUT2D eigenvalue weighted by Crippen LogP contribution is -1.97. The summed E-state index contributed by atoms with van der Waals surface area (Å²) >= 11 is 1.51. The smallest absolute Gasteiger partial charge is 0.181 e. The molecule has 0 bridgehead atoms. The Bertz CT molecular complexity index is 1110. The lowest BCUT2D eigenvalue weighted by molar-refractivity contribution is 0.355. The van der Waals surface area contributed by atoms with Crippen LogP contribution in [0.1, 0.15) is 5.56 Å². The summed E-state index contributed by atoms with van der Waals surface area (Å²) in [4.78, 5) is 10.1. The summed E-state index contributed by atoms with van der Waals surface area (Å²) in [6.45, 7) is 2.07. The van der Waals surface area contributed by atoms with Gasteiger partial charge in [-0.15, -0.1) is 0 Å².